The van der Waals surface area contributed by atoms with E-state index in [1.54, 1.807) is 13.2 Å². The summed E-state index contributed by atoms with van der Waals surface area (Å²) in [6.45, 7) is 3.46. The van der Waals surface area contributed by atoms with Crippen molar-refractivity contribution in [3.8, 4) is 0 Å². The maximum absolute atomic E-state index is 10.8. The molecule has 118 valence electrons. The first-order chi connectivity index (χ1) is 10.1. The minimum absolute atomic E-state index is 0.104. The third-order valence-electron chi connectivity index (χ3n) is 2.81. The van der Waals surface area contributed by atoms with Gasteiger partial charge in [-0.2, -0.15) is 0 Å². The number of nitro groups is 1. The lowest BCUT2D eigenvalue weighted by Gasteiger charge is -2.06. The van der Waals surface area contributed by atoms with E-state index in [1.165, 1.54) is 6.07 Å². The van der Waals surface area contributed by atoms with Crippen LogP contribution in [0.5, 0.6) is 0 Å². The van der Waals surface area contributed by atoms with Gasteiger partial charge in [-0.1, -0.05) is 15.9 Å². The van der Waals surface area contributed by atoms with Crippen molar-refractivity contribution < 1.29 is 14.4 Å². The smallest absolute Gasteiger partial charge is 0.270 e. The molecule has 0 aliphatic heterocycles. The summed E-state index contributed by atoms with van der Waals surface area (Å²) in [6.07, 6.45) is 1.98. The van der Waals surface area contributed by atoms with Gasteiger partial charge in [-0.05, 0) is 31.0 Å². The number of methoxy groups -OCH3 is 1. The number of nitro benzene ring substituents is 1. The zero-order valence-corrected chi connectivity index (χ0v) is 13.7. The van der Waals surface area contributed by atoms with Crippen molar-refractivity contribution >= 4 is 21.6 Å². The summed E-state index contributed by atoms with van der Waals surface area (Å²) in [5.74, 6) is 0. The SMILES string of the molecule is COCCOCCCCNCc1cc(Br)cc([N+](=O)[O-])c1. The molecule has 1 aromatic carbocycles. The van der Waals surface area contributed by atoms with Crippen LogP contribution in [-0.4, -0.2) is 38.4 Å². The summed E-state index contributed by atoms with van der Waals surface area (Å²) in [6, 6.07) is 4.97. The second-order valence-electron chi connectivity index (χ2n) is 4.56. The minimum Gasteiger partial charge on any atom is -0.382 e. The van der Waals surface area contributed by atoms with Crippen LogP contribution < -0.4 is 5.32 Å². The van der Waals surface area contributed by atoms with Gasteiger partial charge in [0, 0.05) is 36.9 Å². The number of unbranched alkanes of at least 4 members (excludes halogenated alkanes) is 1. The van der Waals surface area contributed by atoms with Crippen LogP contribution in [0.4, 0.5) is 5.69 Å². The Bertz CT molecular complexity index is 443. The quantitative estimate of drug-likeness (QED) is 0.373. The van der Waals surface area contributed by atoms with E-state index >= 15 is 0 Å². The first-order valence-electron chi connectivity index (χ1n) is 6.84. The molecule has 1 rings (SSSR count). The van der Waals surface area contributed by atoms with Gasteiger partial charge in [-0.3, -0.25) is 10.1 Å². The van der Waals surface area contributed by atoms with Gasteiger partial charge < -0.3 is 14.8 Å². The van der Waals surface area contributed by atoms with Crippen molar-refractivity contribution in [2.24, 2.45) is 0 Å². The Morgan fingerprint density at radius 3 is 2.76 bits per heavy atom. The third-order valence-corrected chi connectivity index (χ3v) is 3.26. The normalized spacial score (nSPS) is 10.8. The molecular weight excluding hydrogens is 340 g/mol. The standard InChI is InChI=1S/C14H21BrN2O4/c1-20-6-7-21-5-3-2-4-16-11-12-8-13(15)10-14(9-12)17(18)19/h8-10,16H,2-7,11H2,1H3. The molecule has 0 spiro atoms. The fourth-order valence-electron chi connectivity index (χ4n) is 1.77. The van der Waals surface area contributed by atoms with Crippen LogP contribution in [-0.2, 0) is 16.0 Å². The lowest BCUT2D eigenvalue weighted by Crippen LogP contribution is -2.15. The molecule has 0 saturated carbocycles. The van der Waals surface area contributed by atoms with Crippen molar-refractivity contribution in [2.45, 2.75) is 19.4 Å². The van der Waals surface area contributed by atoms with Gasteiger partial charge in [0.2, 0.25) is 0 Å². The second kappa shape index (κ2) is 10.7. The van der Waals surface area contributed by atoms with Gasteiger partial charge in [-0.15, -0.1) is 0 Å². The summed E-state index contributed by atoms with van der Waals surface area (Å²) in [5, 5.41) is 14.0. The van der Waals surface area contributed by atoms with Crippen molar-refractivity contribution in [1.29, 1.82) is 0 Å². The summed E-state index contributed by atoms with van der Waals surface area (Å²) in [5.41, 5.74) is 1.00. The first kappa shape index (κ1) is 18.0. The Labute approximate surface area is 133 Å². The Morgan fingerprint density at radius 1 is 1.24 bits per heavy atom. The molecule has 0 aliphatic rings. The van der Waals surface area contributed by atoms with Gasteiger partial charge in [0.1, 0.15) is 0 Å². The van der Waals surface area contributed by atoms with Crippen LogP contribution >= 0.6 is 15.9 Å². The summed E-state index contributed by atoms with van der Waals surface area (Å²) < 4.78 is 11.0. The second-order valence-corrected chi connectivity index (χ2v) is 5.48. The molecule has 0 aromatic heterocycles. The maximum Gasteiger partial charge on any atom is 0.270 e. The molecule has 0 aliphatic carbocycles. The van der Waals surface area contributed by atoms with Crippen molar-refractivity contribution in [3.63, 3.8) is 0 Å². The highest BCUT2D eigenvalue weighted by molar-refractivity contribution is 9.10. The highest BCUT2D eigenvalue weighted by atomic mass is 79.9. The molecular formula is C14H21BrN2O4. The Kier molecular flexibility index (Phi) is 9.16. The number of hydrogen-bond donors (Lipinski definition) is 1. The molecule has 21 heavy (non-hydrogen) atoms. The van der Waals surface area contributed by atoms with E-state index in [0.717, 1.165) is 36.0 Å². The largest absolute Gasteiger partial charge is 0.382 e. The molecule has 1 N–H and O–H groups in total. The van der Waals surface area contributed by atoms with E-state index in [9.17, 15) is 10.1 Å². The zero-order valence-electron chi connectivity index (χ0n) is 12.1. The molecule has 1 aromatic rings. The Morgan fingerprint density at radius 2 is 2.05 bits per heavy atom. The summed E-state index contributed by atoms with van der Waals surface area (Å²) in [7, 11) is 1.65. The van der Waals surface area contributed by atoms with Gasteiger partial charge in [-0.25, -0.2) is 0 Å². The van der Waals surface area contributed by atoms with Gasteiger partial charge in [0.05, 0.1) is 18.1 Å². The molecule has 0 bridgehead atoms. The number of halogens is 1. The third kappa shape index (κ3) is 8.11. The van der Waals surface area contributed by atoms with E-state index < -0.39 is 0 Å². The molecule has 0 amide bonds. The predicted molar refractivity (Wildman–Crippen MR) is 84.4 cm³/mol. The number of nitrogens with one attached hydrogen (secondary N) is 1. The van der Waals surface area contributed by atoms with Crippen LogP contribution in [0.1, 0.15) is 18.4 Å². The molecule has 0 heterocycles. The van der Waals surface area contributed by atoms with E-state index in [1.807, 2.05) is 6.07 Å². The fourth-order valence-corrected chi connectivity index (χ4v) is 2.30. The average molecular weight is 361 g/mol. The van der Waals surface area contributed by atoms with Crippen molar-refractivity contribution in [1.82, 2.24) is 5.32 Å². The average Bonchev–Trinajstić information content (AvgIpc) is 2.45. The van der Waals surface area contributed by atoms with Crippen LogP contribution in [0.25, 0.3) is 0 Å². The van der Waals surface area contributed by atoms with E-state index in [2.05, 4.69) is 21.2 Å². The maximum atomic E-state index is 10.8. The minimum atomic E-state index is -0.383. The number of rotatable bonds is 11. The molecule has 0 atom stereocenters. The fraction of sp³-hybridized carbons (Fsp3) is 0.571. The monoisotopic (exact) mass is 360 g/mol. The Balaban J connectivity index is 2.17. The number of non-ortho nitro benzene ring substituents is 1. The summed E-state index contributed by atoms with van der Waals surface area (Å²) >= 11 is 3.29. The number of benzene rings is 1. The Hall–Kier alpha value is -1.02. The van der Waals surface area contributed by atoms with Crippen LogP contribution in [0.15, 0.2) is 22.7 Å². The van der Waals surface area contributed by atoms with Gasteiger partial charge >= 0.3 is 0 Å². The van der Waals surface area contributed by atoms with E-state index in [4.69, 9.17) is 9.47 Å². The van der Waals surface area contributed by atoms with Gasteiger partial charge in [0.25, 0.3) is 5.69 Å². The van der Waals surface area contributed by atoms with Gasteiger partial charge in [0.15, 0.2) is 0 Å². The number of hydrogen-bond acceptors (Lipinski definition) is 5. The molecule has 7 heteroatoms. The van der Waals surface area contributed by atoms with Crippen molar-refractivity contribution in [3.05, 3.63) is 38.3 Å². The van der Waals surface area contributed by atoms with Crippen molar-refractivity contribution in [2.75, 3.05) is 33.5 Å². The zero-order chi connectivity index (χ0) is 15.5. The lowest BCUT2D eigenvalue weighted by molar-refractivity contribution is -0.385. The highest BCUT2D eigenvalue weighted by Gasteiger charge is 2.08. The first-order valence-corrected chi connectivity index (χ1v) is 7.64. The number of ether oxygens (including phenoxy) is 2. The molecule has 0 unspecified atom stereocenters. The molecule has 0 radical (unpaired) electrons. The van der Waals surface area contributed by atoms with E-state index in [0.29, 0.717) is 19.8 Å². The topological polar surface area (TPSA) is 73.6 Å². The number of nitrogens with zero attached hydrogens (tertiary/aromatic N) is 1. The highest BCUT2D eigenvalue weighted by Crippen LogP contribution is 2.21. The molecule has 0 saturated heterocycles. The summed E-state index contributed by atoms with van der Waals surface area (Å²) in [4.78, 5) is 10.4. The van der Waals surface area contributed by atoms with E-state index in [-0.39, 0.29) is 10.6 Å². The molecule has 0 fully saturated rings. The molecule has 6 nitrogen and oxygen atoms in total. The van der Waals surface area contributed by atoms with Crippen LogP contribution in [0.3, 0.4) is 0 Å². The lowest BCUT2D eigenvalue weighted by atomic mass is 10.2. The van der Waals surface area contributed by atoms with Crippen LogP contribution in [0, 0.1) is 10.1 Å². The predicted octanol–water partition coefficient (Wildman–Crippen LogP) is 2.89. The van der Waals surface area contributed by atoms with Crippen LogP contribution in [0.2, 0.25) is 0 Å².